The molecule has 19 heavy (non-hydrogen) atoms. The highest BCUT2D eigenvalue weighted by molar-refractivity contribution is 5.78. The van der Waals surface area contributed by atoms with Crippen LogP contribution in [-0.2, 0) is 4.79 Å². The summed E-state index contributed by atoms with van der Waals surface area (Å²) in [6.07, 6.45) is 7.28. The molecule has 1 aliphatic carbocycles. The molecule has 2 atom stereocenters. The Kier molecular flexibility index (Phi) is 5.64. The van der Waals surface area contributed by atoms with Gasteiger partial charge >= 0.3 is 0 Å². The largest absolute Gasteiger partial charge is 0.352 e. The van der Waals surface area contributed by atoms with Crippen molar-refractivity contribution in [2.45, 2.75) is 51.5 Å². The van der Waals surface area contributed by atoms with Crippen LogP contribution >= 0.6 is 0 Å². The molecular formula is C15H29N3O. The summed E-state index contributed by atoms with van der Waals surface area (Å²) in [4.78, 5) is 14.4. The Bertz CT molecular complexity index is 287. The van der Waals surface area contributed by atoms with Gasteiger partial charge in [-0.3, -0.25) is 9.69 Å². The number of carbonyl (C=O) groups is 1. The van der Waals surface area contributed by atoms with E-state index in [-0.39, 0.29) is 5.91 Å². The van der Waals surface area contributed by atoms with Gasteiger partial charge in [-0.05, 0) is 57.2 Å². The molecule has 2 rings (SSSR count). The van der Waals surface area contributed by atoms with Gasteiger partial charge in [0.05, 0.1) is 6.54 Å². The van der Waals surface area contributed by atoms with Crippen molar-refractivity contribution in [1.29, 1.82) is 0 Å². The number of hydrogen-bond acceptors (Lipinski definition) is 3. The Labute approximate surface area is 117 Å². The topological polar surface area (TPSA) is 58.4 Å². The van der Waals surface area contributed by atoms with Gasteiger partial charge in [0.1, 0.15) is 0 Å². The normalized spacial score (nSPS) is 30.2. The number of nitrogens with one attached hydrogen (secondary N) is 1. The third-order valence-electron chi connectivity index (χ3n) is 4.87. The van der Waals surface area contributed by atoms with Crippen LogP contribution in [0.25, 0.3) is 0 Å². The van der Waals surface area contributed by atoms with E-state index in [1.807, 2.05) is 0 Å². The van der Waals surface area contributed by atoms with Crippen molar-refractivity contribution < 1.29 is 4.79 Å². The summed E-state index contributed by atoms with van der Waals surface area (Å²) < 4.78 is 0. The van der Waals surface area contributed by atoms with Crippen molar-refractivity contribution in [2.75, 3.05) is 26.2 Å². The first kappa shape index (κ1) is 14.8. The van der Waals surface area contributed by atoms with Crippen molar-refractivity contribution in [2.24, 2.45) is 17.6 Å². The highest BCUT2D eigenvalue weighted by Gasteiger charge is 2.24. The molecule has 1 aliphatic heterocycles. The van der Waals surface area contributed by atoms with Gasteiger partial charge in [-0.1, -0.05) is 19.8 Å². The number of hydrogen-bond donors (Lipinski definition) is 2. The molecule has 0 aromatic rings. The molecule has 3 N–H and O–H groups in total. The lowest BCUT2D eigenvalue weighted by Gasteiger charge is -2.33. The van der Waals surface area contributed by atoms with Crippen LogP contribution in [0.3, 0.4) is 0 Å². The van der Waals surface area contributed by atoms with Crippen LogP contribution in [0.5, 0.6) is 0 Å². The average Bonchev–Trinajstić information content (AvgIpc) is 2.42. The van der Waals surface area contributed by atoms with E-state index in [1.54, 1.807) is 0 Å². The summed E-state index contributed by atoms with van der Waals surface area (Å²) >= 11 is 0. The van der Waals surface area contributed by atoms with Crippen LogP contribution in [0.4, 0.5) is 0 Å². The van der Waals surface area contributed by atoms with E-state index in [2.05, 4.69) is 17.1 Å². The van der Waals surface area contributed by atoms with E-state index in [0.29, 0.717) is 24.4 Å². The molecule has 0 spiro atoms. The second kappa shape index (κ2) is 7.25. The van der Waals surface area contributed by atoms with Gasteiger partial charge in [0.2, 0.25) is 5.91 Å². The molecule has 4 nitrogen and oxygen atoms in total. The van der Waals surface area contributed by atoms with E-state index < -0.39 is 0 Å². The fourth-order valence-corrected chi connectivity index (χ4v) is 3.37. The van der Waals surface area contributed by atoms with Gasteiger partial charge in [-0.25, -0.2) is 0 Å². The summed E-state index contributed by atoms with van der Waals surface area (Å²) in [6.45, 7) is 5.67. The molecule has 1 saturated heterocycles. The highest BCUT2D eigenvalue weighted by Crippen LogP contribution is 2.23. The second-order valence-corrected chi connectivity index (χ2v) is 6.39. The first-order chi connectivity index (χ1) is 9.19. The van der Waals surface area contributed by atoms with Gasteiger partial charge < -0.3 is 11.1 Å². The SMILES string of the molecule is CC1CCCCC1NC(=O)CN1CCC(CN)CC1. The van der Waals surface area contributed by atoms with Crippen LogP contribution in [0.1, 0.15) is 45.4 Å². The summed E-state index contributed by atoms with van der Waals surface area (Å²) in [5.74, 6) is 1.52. The molecule has 4 heteroatoms. The number of amides is 1. The van der Waals surface area contributed by atoms with E-state index in [9.17, 15) is 4.79 Å². The third-order valence-corrected chi connectivity index (χ3v) is 4.87. The summed E-state index contributed by atoms with van der Waals surface area (Å²) in [7, 11) is 0. The smallest absolute Gasteiger partial charge is 0.234 e. The molecule has 2 aliphatic rings. The molecule has 0 aromatic heterocycles. The quantitative estimate of drug-likeness (QED) is 0.808. The number of piperidine rings is 1. The minimum Gasteiger partial charge on any atom is -0.352 e. The lowest BCUT2D eigenvalue weighted by molar-refractivity contribution is -0.123. The third kappa shape index (κ3) is 4.46. The zero-order valence-electron chi connectivity index (χ0n) is 12.2. The zero-order valence-corrected chi connectivity index (χ0v) is 12.2. The monoisotopic (exact) mass is 267 g/mol. The maximum atomic E-state index is 12.1. The van der Waals surface area contributed by atoms with Gasteiger partial charge in [0.15, 0.2) is 0 Å². The van der Waals surface area contributed by atoms with Crippen LogP contribution in [0.15, 0.2) is 0 Å². The van der Waals surface area contributed by atoms with E-state index in [1.165, 1.54) is 19.3 Å². The Morgan fingerprint density at radius 3 is 2.53 bits per heavy atom. The van der Waals surface area contributed by atoms with E-state index in [0.717, 1.165) is 38.9 Å². The predicted molar refractivity (Wildman–Crippen MR) is 77.8 cm³/mol. The van der Waals surface area contributed by atoms with Gasteiger partial charge in [0.25, 0.3) is 0 Å². The van der Waals surface area contributed by atoms with Crippen LogP contribution in [0.2, 0.25) is 0 Å². The fraction of sp³-hybridized carbons (Fsp3) is 0.933. The predicted octanol–water partition coefficient (Wildman–Crippen LogP) is 1.35. The van der Waals surface area contributed by atoms with Crippen molar-refractivity contribution in [3.8, 4) is 0 Å². The fourth-order valence-electron chi connectivity index (χ4n) is 3.37. The molecular weight excluding hydrogens is 238 g/mol. The Morgan fingerprint density at radius 2 is 1.89 bits per heavy atom. The van der Waals surface area contributed by atoms with E-state index >= 15 is 0 Å². The maximum absolute atomic E-state index is 12.1. The average molecular weight is 267 g/mol. The number of rotatable bonds is 4. The molecule has 2 fully saturated rings. The van der Waals surface area contributed by atoms with Gasteiger partial charge in [0, 0.05) is 6.04 Å². The Balaban J connectivity index is 1.69. The molecule has 1 amide bonds. The van der Waals surface area contributed by atoms with Crippen molar-refractivity contribution in [3.05, 3.63) is 0 Å². The van der Waals surface area contributed by atoms with E-state index in [4.69, 9.17) is 5.73 Å². The molecule has 0 bridgehead atoms. The summed E-state index contributed by atoms with van der Waals surface area (Å²) in [5.41, 5.74) is 5.69. The van der Waals surface area contributed by atoms with Crippen molar-refractivity contribution in [3.63, 3.8) is 0 Å². The maximum Gasteiger partial charge on any atom is 0.234 e. The molecule has 110 valence electrons. The van der Waals surface area contributed by atoms with Gasteiger partial charge in [-0.15, -0.1) is 0 Å². The zero-order chi connectivity index (χ0) is 13.7. The number of likely N-dealkylation sites (tertiary alicyclic amines) is 1. The van der Waals surface area contributed by atoms with Gasteiger partial charge in [-0.2, -0.15) is 0 Å². The van der Waals surface area contributed by atoms with Crippen molar-refractivity contribution in [1.82, 2.24) is 10.2 Å². The minimum atomic E-state index is 0.213. The standard InChI is InChI=1S/C15H29N3O/c1-12-4-2-3-5-14(12)17-15(19)11-18-8-6-13(10-16)7-9-18/h12-14H,2-11,16H2,1H3,(H,17,19). The van der Waals surface area contributed by atoms with Crippen LogP contribution in [-0.4, -0.2) is 43.0 Å². The first-order valence-corrected chi connectivity index (χ1v) is 7.91. The van der Waals surface area contributed by atoms with Crippen LogP contribution in [0, 0.1) is 11.8 Å². The highest BCUT2D eigenvalue weighted by atomic mass is 16.2. The minimum absolute atomic E-state index is 0.213. The lowest BCUT2D eigenvalue weighted by Crippen LogP contribution is -2.47. The molecule has 2 unspecified atom stereocenters. The number of nitrogens with zero attached hydrogens (tertiary/aromatic N) is 1. The lowest BCUT2D eigenvalue weighted by atomic mass is 9.86. The molecule has 1 heterocycles. The summed E-state index contributed by atoms with van der Waals surface area (Å²) in [6, 6.07) is 0.405. The Hall–Kier alpha value is -0.610. The molecule has 0 radical (unpaired) electrons. The first-order valence-electron chi connectivity index (χ1n) is 7.91. The molecule has 1 saturated carbocycles. The summed E-state index contributed by atoms with van der Waals surface area (Å²) in [5, 5.41) is 3.24. The second-order valence-electron chi connectivity index (χ2n) is 6.39. The number of carbonyl (C=O) groups excluding carboxylic acids is 1. The number of nitrogens with two attached hydrogens (primary N) is 1. The van der Waals surface area contributed by atoms with Crippen molar-refractivity contribution >= 4 is 5.91 Å². The van der Waals surface area contributed by atoms with Crippen LogP contribution < -0.4 is 11.1 Å². The molecule has 0 aromatic carbocycles. The Morgan fingerprint density at radius 1 is 1.21 bits per heavy atom.